The number of Topliss-reactive ketones (excluding diaryl/α,β-unsaturated/α-hetero) is 1. The van der Waals surface area contributed by atoms with Gasteiger partial charge >= 0.3 is 5.97 Å². The Bertz CT molecular complexity index is 554. The summed E-state index contributed by atoms with van der Waals surface area (Å²) in [6, 6.07) is 6.56. The van der Waals surface area contributed by atoms with Gasteiger partial charge in [0.1, 0.15) is 0 Å². The maximum absolute atomic E-state index is 11.8. The normalized spacial score (nSPS) is 20.1. The van der Waals surface area contributed by atoms with Crippen LogP contribution in [0.1, 0.15) is 24.2 Å². The zero-order chi connectivity index (χ0) is 14.7. The van der Waals surface area contributed by atoms with E-state index in [-0.39, 0.29) is 12.4 Å². The molecule has 1 aliphatic rings. The van der Waals surface area contributed by atoms with Crippen molar-refractivity contribution in [2.75, 3.05) is 11.9 Å². The third kappa shape index (κ3) is 3.21. The van der Waals surface area contributed by atoms with Crippen LogP contribution in [0.25, 0.3) is 0 Å². The Labute approximate surface area is 116 Å². The van der Waals surface area contributed by atoms with Crippen molar-refractivity contribution in [3.05, 3.63) is 29.8 Å². The van der Waals surface area contributed by atoms with E-state index in [4.69, 9.17) is 9.47 Å². The molecule has 1 aromatic carbocycles. The SMILES string of the molecule is CCOC(=O)C1OC1C(=O)Nc1cccc(C(C)=O)c1. The standard InChI is InChI=1S/C14H15NO5/c1-3-19-14(18)12-11(20-12)13(17)15-10-6-4-5-9(7-10)8(2)16/h4-7,11-12H,3H2,1-2H3,(H,15,17). The van der Waals surface area contributed by atoms with Gasteiger partial charge in [-0.15, -0.1) is 0 Å². The molecule has 1 amide bonds. The summed E-state index contributed by atoms with van der Waals surface area (Å²) >= 11 is 0. The Morgan fingerprint density at radius 1 is 1.30 bits per heavy atom. The van der Waals surface area contributed by atoms with Gasteiger partial charge in [-0.2, -0.15) is 0 Å². The third-order valence-electron chi connectivity index (χ3n) is 2.81. The number of nitrogens with one attached hydrogen (secondary N) is 1. The average molecular weight is 277 g/mol. The van der Waals surface area contributed by atoms with E-state index in [0.717, 1.165) is 0 Å². The van der Waals surface area contributed by atoms with E-state index in [0.29, 0.717) is 11.3 Å². The van der Waals surface area contributed by atoms with Crippen molar-refractivity contribution in [1.29, 1.82) is 0 Å². The van der Waals surface area contributed by atoms with E-state index >= 15 is 0 Å². The van der Waals surface area contributed by atoms with Crippen LogP contribution in [-0.4, -0.2) is 36.5 Å². The van der Waals surface area contributed by atoms with Crippen LogP contribution >= 0.6 is 0 Å². The summed E-state index contributed by atoms with van der Waals surface area (Å²) in [4.78, 5) is 34.4. The lowest BCUT2D eigenvalue weighted by Crippen LogP contribution is -2.24. The van der Waals surface area contributed by atoms with Gasteiger partial charge in [0.15, 0.2) is 18.0 Å². The van der Waals surface area contributed by atoms with E-state index < -0.39 is 24.1 Å². The number of carbonyl (C=O) groups is 3. The highest BCUT2D eigenvalue weighted by molar-refractivity contribution is 6.02. The number of carbonyl (C=O) groups excluding carboxylic acids is 3. The number of esters is 1. The highest BCUT2D eigenvalue weighted by Gasteiger charge is 2.51. The summed E-state index contributed by atoms with van der Waals surface area (Å²) in [5, 5.41) is 2.60. The number of benzene rings is 1. The first-order valence-electron chi connectivity index (χ1n) is 6.27. The number of ketones is 1. The van der Waals surface area contributed by atoms with Crippen LogP contribution in [0.2, 0.25) is 0 Å². The van der Waals surface area contributed by atoms with Gasteiger partial charge in [0.2, 0.25) is 0 Å². The van der Waals surface area contributed by atoms with Crippen molar-refractivity contribution < 1.29 is 23.9 Å². The van der Waals surface area contributed by atoms with Crippen molar-refractivity contribution >= 4 is 23.3 Å². The summed E-state index contributed by atoms with van der Waals surface area (Å²) in [6.45, 7) is 3.37. The quantitative estimate of drug-likeness (QED) is 0.496. The summed E-state index contributed by atoms with van der Waals surface area (Å²) in [5.41, 5.74) is 0.988. The van der Waals surface area contributed by atoms with Crippen molar-refractivity contribution in [2.24, 2.45) is 0 Å². The summed E-state index contributed by atoms with van der Waals surface area (Å²) in [6.07, 6.45) is -1.65. The Kier molecular flexibility index (Phi) is 4.14. The Morgan fingerprint density at radius 3 is 2.70 bits per heavy atom. The molecule has 1 N–H and O–H groups in total. The van der Waals surface area contributed by atoms with E-state index in [2.05, 4.69) is 5.32 Å². The number of hydrogen-bond acceptors (Lipinski definition) is 5. The van der Waals surface area contributed by atoms with Gasteiger partial charge in [0.25, 0.3) is 5.91 Å². The van der Waals surface area contributed by atoms with Gasteiger partial charge in [0.05, 0.1) is 6.61 Å². The van der Waals surface area contributed by atoms with E-state index in [1.54, 1.807) is 31.2 Å². The summed E-state index contributed by atoms with van der Waals surface area (Å²) in [7, 11) is 0. The van der Waals surface area contributed by atoms with Crippen molar-refractivity contribution in [3.63, 3.8) is 0 Å². The number of amides is 1. The lowest BCUT2D eigenvalue weighted by molar-refractivity contribution is -0.144. The molecular formula is C14H15NO5. The zero-order valence-electron chi connectivity index (χ0n) is 11.2. The van der Waals surface area contributed by atoms with Gasteiger partial charge in [-0.1, -0.05) is 12.1 Å². The van der Waals surface area contributed by atoms with E-state index in [1.807, 2.05) is 0 Å². The number of hydrogen-bond donors (Lipinski definition) is 1. The number of epoxide rings is 1. The zero-order valence-corrected chi connectivity index (χ0v) is 11.2. The van der Waals surface area contributed by atoms with Crippen LogP contribution in [0.5, 0.6) is 0 Å². The predicted molar refractivity (Wildman–Crippen MR) is 70.4 cm³/mol. The smallest absolute Gasteiger partial charge is 0.338 e. The fourth-order valence-electron chi connectivity index (χ4n) is 1.74. The highest BCUT2D eigenvalue weighted by Crippen LogP contribution is 2.25. The molecule has 106 valence electrons. The molecule has 1 saturated heterocycles. The largest absolute Gasteiger partial charge is 0.464 e. The molecule has 1 fully saturated rings. The van der Waals surface area contributed by atoms with Crippen molar-refractivity contribution in [3.8, 4) is 0 Å². The molecule has 0 aliphatic carbocycles. The molecule has 2 rings (SSSR count). The minimum Gasteiger partial charge on any atom is -0.464 e. The van der Waals surface area contributed by atoms with Crippen LogP contribution in [-0.2, 0) is 19.1 Å². The molecule has 0 spiro atoms. The fraction of sp³-hybridized carbons (Fsp3) is 0.357. The first-order chi connectivity index (χ1) is 9.52. The molecule has 6 heteroatoms. The van der Waals surface area contributed by atoms with Crippen molar-refractivity contribution in [1.82, 2.24) is 0 Å². The van der Waals surface area contributed by atoms with Gasteiger partial charge in [-0.05, 0) is 26.0 Å². The van der Waals surface area contributed by atoms with Gasteiger partial charge in [-0.25, -0.2) is 4.79 Å². The maximum Gasteiger partial charge on any atom is 0.338 e. The molecular weight excluding hydrogens is 262 g/mol. The number of ether oxygens (including phenoxy) is 2. The molecule has 1 heterocycles. The topological polar surface area (TPSA) is 85.0 Å². The second-order valence-electron chi connectivity index (χ2n) is 4.36. The third-order valence-corrected chi connectivity index (χ3v) is 2.81. The second-order valence-corrected chi connectivity index (χ2v) is 4.36. The lowest BCUT2D eigenvalue weighted by atomic mass is 10.1. The lowest BCUT2D eigenvalue weighted by Gasteiger charge is -2.04. The van der Waals surface area contributed by atoms with Gasteiger partial charge in [0, 0.05) is 11.3 Å². The second kappa shape index (κ2) is 5.83. The highest BCUT2D eigenvalue weighted by atomic mass is 16.6. The van der Waals surface area contributed by atoms with Crippen LogP contribution in [0.15, 0.2) is 24.3 Å². The first-order valence-corrected chi connectivity index (χ1v) is 6.27. The van der Waals surface area contributed by atoms with E-state index in [1.165, 1.54) is 6.92 Å². The van der Waals surface area contributed by atoms with Crippen molar-refractivity contribution in [2.45, 2.75) is 26.1 Å². The molecule has 0 radical (unpaired) electrons. The van der Waals surface area contributed by atoms with Crippen LogP contribution < -0.4 is 5.32 Å². The van der Waals surface area contributed by atoms with Crippen LogP contribution in [0.4, 0.5) is 5.69 Å². The minimum absolute atomic E-state index is 0.0897. The van der Waals surface area contributed by atoms with E-state index in [9.17, 15) is 14.4 Å². The molecule has 1 aliphatic heterocycles. The number of rotatable bonds is 5. The molecule has 20 heavy (non-hydrogen) atoms. The monoisotopic (exact) mass is 277 g/mol. The average Bonchev–Trinajstić information content (AvgIpc) is 3.19. The Balaban J connectivity index is 1.95. The minimum atomic E-state index is -0.828. The Morgan fingerprint density at radius 2 is 2.05 bits per heavy atom. The fourth-order valence-corrected chi connectivity index (χ4v) is 1.74. The maximum atomic E-state index is 11.8. The number of anilines is 1. The predicted octanol–water partition coefficient (Wildman–Crippen LogP) is 1.16. The molecule has 2 atom stereocenters. The molecule has 6 nitrogen and oxygen atoms in total. The summed E-state index contributed by atoms with van der Waals surface area (Å²) < 4.78 is 9.75. The molecule has 0 aromatic heterocycles. The van der Waals surface area contributed by atoms with Gasteiger partial charge in [-0.3, -0.25) is 9.59 Å². The van der Waals surface area contributed by atoms with Crippen LogP contribution in [0.3, 0.4) is 0 Å². The first kappa shape index (κ1) is 14.2. The summed E-state index contributed by atoms with van der Waals surface area (Å²) in [5.74, 6) is -1.05. The molecule has 2 unspecified atom stereocenters. The molecule has 1 aromatic rings. The van der Waals surface area contributed by atoms with Gasteiger partial charge < -0.3 is 14.8 Å². The van der Waals surface area contributed by atoms with Crippen LogP contribution in [0, 0.1) is 0 Å². The molecule has 0 bridgehead atoms. The molecule has 0 saturated carbocycles. The Hall–Kier alpha value is -2.21.